The normalized spacial score (nSPS) is 12.9. The van der Waals surface area contributed by atoms with Crippen LogP contribution >= 0.6 is 0 Å². The number of rotatable bonds is 6. The Labute approximate surface area is 154 Å². The second kappa shape index (κ2) is 7.85. The highest BCUT2D eigenvalue weighted by atomic mass is 19.4. The van der Waals surface area contributed by atoms with Crippen LogP contribution in [0.1, 0.15) is 22.7 Å². The lowest BCUT2D eigenvalue weighted by Gasteiger charge is -2.21. The molecule has 0 aliphatic carbocycles. The van der Waals surface area contributed by atoms with Crippen LogP contribution in [0.4, 0.5) is 19.0 Å². The van der Waals surface area contributed by atoms with Crippen molar-refractivity contribution in [1.82, 2.24) is 20.3 Å². The third kappa shape index (κ3) is 4.15. The van der Waals surface area contributed by atoms with Crippen LogP contribution < -0.4 is 16.4 Å². The summed E-state index contributed by atoms with van der Waals surface area (Å²) >= 11 is 0. The molecule has 6 nitrogen and oxygen atoms in total. The average molecular weight is 376 g/mol. The molecule has 0 saturated heterocycles. The van der Waals surface area contributed by atoms with Gasteiger partial charge in [-0.05, 0) is 36.4 Å². The summed E-state index contributed by atoms with van der Waals surface area (Å²) in [5.74, 6) is 0.496. The van der Waals surface area contributed by atoms with Crippen LogP contribution in [0, 0.1) is 0 Å². The fraction of sp³-hybridized carbons (Fsp3) is 0.278. The molecule has 0 bridgehead atoms. The number of halogens is 3. The molecule has 0 amide bonds. The van der Waals surface area contributed by atoms with Gasteiger partial charge >= 0.3 is 6.18 Å². The summed E-state index contributed by atoms with van der Waals surface area (Å²) in [6.45, 7) is 0.793. The van der Waals surface area contributed by atoms with Gasteiger partial charge in [0.1, 0.15) is 11.8 Å². The van der Waals surface area contributed by atoms with E-state index in [9.17, 15) is 13.2 Å². The van der Waals surface area contributed by atoms with Crippen molar-refractivity contribution in [3.63, 3.8) is 0 Å². The van der Waals surface area contributed by atoms with Gasteiger partial charge in [0.15, 0.2) is 5.82 Å². The molecule has 9 heteroatoms. The Morgan fingerprint density at radius 3 is 2.41 bits per heavy atom. The standard InChI is InChI=1S/C18H19F3N6/c1-23-9-14(11-2-4-13(5-3-11)18(19,20)21)27-17-16-15(25-10-26-17)12(8-22)6-7-24-16/h2-7,10,14,23H,8-9,22H2,1H3,(H,25,26,27)/t14-/m1/s1. The lowest BCUT2D eigenvalue weighted by molar-refractivity contribution is -0.137. The van der Waals surface area contributed by atoms with Gasteiger partial charge in [0.05, 0.1) is 17.1 Å². The van der Waals surface area contributed by atoms with Crippen molar-refractivity contribution in [2.75, 3.05) is 18.9 Å². The average Bonchev–Trinajstić information content (AvgIpc) is 2.67. The van der Waals surface area contributed by atoms with E-state index in [1.165, 1.54) is 18.5 Å². The van der Waals surface area contributed by atoms with Gasteiger partial charge in [0.25, 0.3) is 0 Å². The first kappa shape index (κ1) is 19.0. The molecule has 142 valence electrons. The van der Waals surface area contributed by atoms with Crippen molar-refractivity contribution in [2.24, 2.45) is 5.73 Å². The van der Waals surface area contributed by atoms with Crippen LogP contribution in [-0.2, 0) is 12.7 Å². The third-order valence-electron chi connectivity index (χ3n) is 4.19. The zero-order valence-electron chi connectivity index (χ0n) is 14.6. The Morgan fingerprint density at radius 2 is 1.78 bits per heavy atom. The maximum absolute atomic E-state index is 12.8. The van der Waals surface area contributed by atoms with Crippen LogP contribution in [0.2, 0.25) is 0 Å². The molecule has 1 atom stereocenters. The van der Waals surface area contributed by atoms with E-state index >= 15 is 0 Å². The zero-order chi connectivity index (χ0) is 19.4. The molecule has 0 unspecified atom stereocenters. The summed E-state index contributed by atoms with van der Waals surface area (Å²) in [7, 11) is 1.77. The Bertz CT molecular complexity index is 911. The molecule has 27 heavy (non-hydrogen) atoms. The summed E-state index contributed by atoms with van der Waals surface area (Å²) in [5.41, 5.74) is 7.80. The number of likely N-dealkylation sites (N-methyl/N-ethyl adjacent to an activating group) is 1. The van der Waals surface area contributed by atoms with E-state index in [1.807, 2.05) is 0 Å². The van der Waals surface area contributed by atoms with Crippen LogP contribution in [0.5, 0.6) is 0 Å². The molecule has 0 saturated carbocycles. The van der Waals surface area contributed by atoms with E-state index in [0.29, 0.717) is 35.5 Å². The lowest BCUT2D eigenvalue weighted by Crippen LogP contribution is -2.24. The first-order chi connectivity index (χ1) is 12.9. The van der Waals surface area contributed by atoms with Gasteiger partial charge in [-0.3, -0.25) is 4.98 Å². The Morgan fingerprint density at radius 1 is 1.04 bits per heavy atom. The van der Waals surface area contributed by atoms with E-state index in [1.54, 1.807) is 19.3 Å². The molecule has 0 aliphatic rings. The van der Waals surface area contributed by atoms with Gasteiger partial charge in [0, 0.05) is 19.3 Å². The molecular formula is C18H19F3N6. The molecule has 1 aromatic carbocycles. The Balaban J connectivity index is 1.94. The molecule has 0 aliphatic heterocycles. The predicted molar refractivity (Wildman–Crippen MR) is 97.0 cm³/mol. The van der Waals surface area contributed by atoms with Gasteiger partial charge in [-0.1, -0.05) is 12.1 Å². The monoisotopic (exact) mass is 376 g/mol. The van der Waals surface area contributed by atoms with Crippen molar-refractivity contribution in [3.05, 3.63) is 59.5 Å². The number of alkyl halides is 3. The number of nitrogens with zero attached hydrogens (tertiary/aromatic N) is 3. The number of nitrogens with one attached hydrogen (secondary N) is 2. The smallest absolute Gasteiger partial charge is 0.360 e. The molecular weight excluding hydrogens is 357 g/mol. The highest BCUT2D eigenvalue weighted by Crippen LogP contribution is 2.31. The number of fused-ring (bicyclic) bond motifs is 1. The highest BCUT2D eigenvalue weighted by Gasteiger charge is 2.30. The van der Waals surface area contributed by atoms with Crippen LogP contribution in [0.15, 0.2) is 42.9 Å². The van der Waals surface area contributed by atoms with Gasteiger partial charge in [-0.25, -0.2) is 9.97 Å². The maximum atomic E-state index is 12.8. The van der Waals surface area contributed by atoms with Crippen LogP contribution in [0.25, 0.3) is 11.0 Å². The molecule has 4 N–H and O–H groups in total. The SMILES string of the molecule is CNC[C@@H](Nc1ncnc2c(CN)ccnc12)c1ccc(C(F)(F)F)cc1. The fourth-order valence-electron chi connectivity index (χ4n) is 2.81. The molecule has 0 fully saturated rings. The van der Waals surface area contributed by atoms with Gasteiger partial charge in [-0.2, -0.15) is 13.2 Å². The molecule has 3 rings (SSSR count). The quantitative estimate of drug-likeness (QED) is 0.613. The number of pyridine rings is 1. The number of hydrogen-bond donors (Lipinski definition) is 3. The van der Waals surface area contributed by atoms with Crippen molar-refractivity contribution < 1.29 is 13.2 Å². The topological polar surface area (TPSA) is 88.8 Å². The van der Waals surface area contributed by atoms with E-state index in [2.05, 4.69) is 25.6 Å². The van der Waals surface area contributed by atoms with E-state index in [-0.39, 0.29) is 6.04 Å². The summed E-state index contributed by atoms with van der Waals surface area (Å²) in [4.78, 5) is 12.8. The number of benzene rings is 1. The first-order valence-corrected chi connectivity index (χ1v) is 8.31. The van der Waals surface area contributed by atoms with E-state index in [4.69, 9.17) is 5.73 Å². The van der Waals surface area contributed by atoms with Gasteiger partial charge in [-0.15, -0.1) is 0 Å². The lowest BCUT2D eigenvalue weighted by atomic mass is 10.0. The predicted octanol–water partition coefficient (Wildman–Crippen LogP) is 2.87. The summed E-state index contributed by atoms with van der Waals surface area (Å²) in [5, 5.41) is 6.28. The molecule has 2 heterocycles. The number of anilines is 1. The summed E-state index contributed by atoms with van der Waals surface area (Å²) in [6.07, 6.45) is -1.32. The van der Waals surface area contributed by atoms with Crippen molar-refractivity contribution in [1.29, 1.82) is 0 Å². The number of hydrogen-bond acceptors (Lipinski definition) is 6. The summed E-state index contributed by atoms with van der Waals surface area (Å²) in [6, 6.07) is 6.55. The van der Waals surface area contributed by atoms with Crippen molar-refractivity contribution >= 4 is 16.9 Å². The molecule has 3 aromatic rings. The maximum Gasteiger partial charge on any atom is 0.416 e. The second-order valence-corrected chi connectivity index (χ2v) is 5.97. The van der Waals surface area contributed by atoms with Gasteiger partial charge in [0.2, 0.25) is 0 Å². The number of aromatic nitrogens is 3. The summed E-state index contributed by atoms with van der Waals surface area (Å²) < 4.78 is 38.4. The Hall–Kier alpha value is -2.78. The highest BCUT2D eigenvalue weighted by molar-refractivity contribution is 5.87. The van der Waals surface area contributed by atoms with Crippen LogP contribution in [-0.4, -0.2) is 28.5 Å². The molecule has 2 aromatic heterocycles. The minimum Gasteiger partial charge on any atom is -0.360 e. The van der Waals surface area contributed by atoms with Crippen molar-refractivity contribution in [3.8, 4) is 0 Å². The molecule has 0 radical (unpaired) electrons. The second-order valence-electron chi connectivity index (χ2n) is 5.97. The molecule has 0 spiro atoms. The largest absolute Gasteiger partial charge is 0.416 e. The fourth-order valence-corrected chi connectivity index (χ4v) is 2.81. The van der Waals surface area contributed by atoms with Crippen LogP contribution in [0.3, 0.4) is 0 Å². The first-order valence-electron chi connectivity index (χ1n) is 8.31. The third-order valence-corrected chi connectivity index (χ3v) is 4.19. The van der Waals surface area contributed by atoms with Crippen molar-refractivity contribution in [2.45, 2.75) is 18.8 Å². The van der Waals surface area contributed by atoms with E-state index in [0.717, 1.165) is 17.7 Å². The minimum atomic E-state index is -4.37. The Kier molecular flexibility index (Phi) is 5.52. The number of nitrogens with two attached hydrogens (primary N) is 1. The minimum absolute atomic E-state index is 0.307. The van der Waals surface area contributed by atoms with Gasteiger partial charge < -0.3 is 16.4 Å². The zero-order valence-corrected chi connectivity index (χ0v) is 14.6. The van der Waals surface area contributed by atoms with E-state index < -0.39 is 11.7 Å².